The highest BCUT2D eigenvalue weighted by molar-refractivity contribution is 5.74. The molecule has 0 spiro atoms. The van der Waals surface area contributed by atoms with Crippen molar-refractivity contribution >= 4 is 17.0 Å². The molecular formula is C16H22N4. The Bertz CT molecular complexity index is 588. The van der Waals surface area contributed by atoms with Crippen LogP contribution in [0.5, 0.6) is 0 Å². The molecule has 0 saturated heterocycles. The highest BCUT2D eigenvalue weighted by Crippen LogP contribution is 2.21. The molecule has 2 heterocycles. The number of nitrogens with one attached hydrogen (secondary N) is 1. The molecule has 0 unspecified atom stereocenters. The molecule has 0 aliphatic heterocycles. The molecule has 1 aliphatic carbocycles. The van der Waals surface area contributed by atoms with Crippen molar-refractivity contribution in [3.05, 3.63) is 24.0 Å². The molecule has 2 aromatic rings. The Morgan fingerprint density at radius 3 is 2.65 bits per heavy atom. The first-order valence-electron chi connectivity index (χ1n) is 7.62. The van der Waals surface area contributed by atoms with Crippen molar-refractivity contribution in [1.29, 1.82) is 0 Å². The number of fused-ring (bicyclic) bond motifs is 1. The summed E-state index contributed by atoms with van der Waals surface area (Å²) in [4.78, 5) is 13.6. The van der Waals surface area contributed by atoms with Crippen LogP contribution in [0, 0.1) is 0 Å². The maximum absolute atomic E-state index is 4.64. The van der Waals surface area contributed by atoms with Crippen LogP contribution in [-0.4, -0.2) is 21.0 Å². The predicted molar refractivity (Wildman–Crippen MR) is 81.9 cm³/mol. The molecule has 0 aromatic carbocycles. The van der Waals surface area contributed by atoms with E-state index in [9.17, 15) is 0 Å². The summed E-state index contributed by atoms with van der Waals surface area (Å²) in [6.07, 6.45) is 8.28. The molecule has 0 atom stereocenters. The van der Waals surface area contributed by atoms with Gasteiger partial charge in [-0.15, -0.1) is 0 Å². The molecule has 1 aliphatic rings. The van der Waals surface area contributed by atoms with Gasteiger partial charge in [-0.1, -0.05) is 33.1 Å². The maximum Gasteiger partial charge on any atom is 0.224 e. The molecule has 0 radical (unpaired) electrons. The average Bonchev–Trinajstić information content (AvgIpc) is 2.47. The van der Waals surface area contributed by atoms with Gasteiger partial charge in [0, 0.05) is 23.3 Å². The lowest BCUT2D eigenvalue weighted by Gasteiger charge is -2.22. The van der Waals surface area contributed by atoms with Crippen molar-refractivity contribution in [2.24, 2.45) is 0 Å². The van der Waals surface area contributed by atoms with E-state index in [1.807, 2.05) is 6.20 Å². The number of hydrogen-bond donors (Lipinski definition) is 1. The molecule has 4 heteroatoms. The van der Waals surface area contributed by atoms with E-state index in [0.29, 0.717) is 12.0 Å². The largest absolute Gasteiger partial charge is 0.351 e. The zero-order valence-corrected chi connectivity index (χ0v) is 12.3. The lowest BCUT2D eigenvalue weighted by atomic mass is 9.96. The lowest BCUT2D eigenvalue weighted by molar-refractivity contribution is 0.461. The minimum atomic E-state index is 0.420. The van der Waals surface area contributed by atoms with Gasteiger partial charge in [-0.2, -0.15) is 4.98 Å². The molecule has 1 saturated carbocycles. The van der Waals surface area contributed by atoms with E-state index in [0.717, 1.165) is 22.7 Å². The Balaban J connectivity index is 1.84. The van der Waals surface area contributed by atoms with Crippen molar-refractivity contribution in [3.63, 3.8) is 0 Å². The summed E-state index contributed by atoms with van der Waals surface area (Å²) in [7, 11) is 0. The van der Waals surface area contributed by atoms with Gasteiger partial charge in [-0.3, -0.25) is 0 Å². The van der Waals surface area contributed by atoms with E-state index < -0.39 is 0 Å². The average molecular weight is 270 g/mol. The van der Waals surface area contributed by atoms with Crippen molar-refractivity contribution in [2.45, 2.75) is 57.9 Å². The van der Waals surface area contributed by atoms with Crippen molar-refractivity contribution in [2.75, 3.05) is 5.32 Å². The summed E-state index contributed by atoms with van der Waals surface area (Å²) in [5.41, 5.74) is 1.88. The van der Waals surface area contributed by atoms with Crippen LogP contribution in [0.4, 0.5) is 5.95 Å². The van der Waals surface area contributed by atoms with Crippen LogP contribution in [-0.2, 0) is 0 Å². The monoisotopic (exact) mass is 270 g/mol. The zero-order valence-electron chi connectivity index (χ0n) is 12.3. The van der Waals surface area contributed by atoms with Gasteiger partial charge >= 0.3 is 0 Å². The fourth-order valence-electron chi connectivity index (χ4n) is 2.74. The number of rotatable bonds is 3. The number of pyridine rings is 1. The smallest absolute Gasteiger partial charge is 0.224 e. The second-order valence-electron chi connectivity index (χ2n) is 5.98. The van der Waals surface area contributed by atoms with E-state index in [-0.39, 0.29) is 0 Å². The fraction of sp³-hybridized carbons (Fsp3) is 0.562. The van der Waals surface area contributed by atoms with Crippen molar-refractivity contribution in [1.82, 2.24) is 15.0 Å². The third-order valence-corrected chi connectivity index (χ3v) is 3.99. The second-order valence-corrected chi connectivity index (χ2v) is 5.98. The van der Waals surface area contributed by atoms with Gasteiger partial charge in [0.2, 0.25) is 5.95 Å². The highest BCUT2D eigenvalue weighted by Gasteiger charge is 2.14. The Morgan fingerprint density at radius 2 is 1.90 bits per heavy atom. The van der Waals surface area contributed by atoms with Gasteiger partial charge in [0.25, 0.3) is 0 Å². The summed E-state index contributed by atoms with van der Waals surface area (Å²) in [6, 6.07) is 4.64. The molecular weight excluding hydrogens is 248 g/mol. The SMILES string of the molecule is CC(C)c1ccc2cnc(NC3CCCCC3)nc2n1. The van der Waals surface area contributed by atoms with Crippen LogP contribution in [0.1, 0.15) is 57.6 Å². The van der Waals surface area contributed by atoms with E-state index in [4.69, 9.17) is 0 Å². The molecule has 4 nitrogen and oxygen atoms in total. The molecule has 0 bridgehead atoms. The van der Waals surface area contributed by atoms with E-state index in [2.05, 4.69) is 46.2 Å². The van der Waals surface area contributed by atoms with Crippen LogP contribution in [0.25, 0.3) is 11.0 Å². The van der Waals surface area contributed by atoms with Crippen LogP contribution in [0.15, 0.2) is 18.3 Å². The van der Waals surface area contributed by atoms with Gasteiger partial charge in [-0.25, -0.2) is 9.97 Å². The molecule has 0 amide bonds. The lowest BCUT2D eigenvalue weighted by Crippen LogP contribution is -2.23. The molecule has 20 heavy (non-hydrogen) atoms. The van der Waals surface area contributed by atoms with Gasteiger partial charge in [0.05, 0.1) is 0 Å². The van der Waals surface area contributed by atoms with E-state index in [1.165, 1.54) is 32.1 Å². The molecule has 1 fully saturated rings. The summed E-state index contributed by atoms with van der Waals surface area (Å²) in [5.74, 6) is 1.14. The Labute approximate surface area is 120 Å². The molecule has 1 N–H and O–H groups in total. The number of aromatic nitrogens is 3. The van der Waals surface area contributed by atoms with Crippen LogP contribution >= 0.6 is 0 Å². The summed E-state index contributed by atoms with van der Waals surface area (Å²) >= 11 is 0. The summed E-state index contributed by atoms with van der Waals surface area (Å²) < 4.78 is 0. The van der Waals surface area contributed by atoms with Gasteiger partial charge in [0.15, 0.2) is 5.65 Å². The van der Waals surface area contributed by atoms with Gasteiger partial charge < -0.3 is 5.32 Å². The van der Waals surface area contributed by atoms with Crippen molar-refractivity contribution in [3.8, 4) is 0 Å². The van der Waals surface area contributed by atoms with Gasteiger partial charge in [-0.05, 0) is 30.9 Å². The molecule has 2 aromatic heterocycles. The molecule has 3 rings (SSSR count). The second kappa shape index (κ2) is 5.73. The van der Waals surface area contributed by atoms with Crippen LogP contribution < -0.4 is 5.32 Å². The first-order chi connectivity index (χ1) is 9.72. The summed E-state index contributed by atoms with van der Waals surface area (Å²) in [5, 5.41) is 4.46. The van der Waals surface area contributed by atoms with Crippen LogP contribution in [0.2, 0.25) is 0 Å². The minimum Gasteiger partial charge on any atom is -0.351 e. The standard InChI is InChI=1S/C16H22N4/c1-11(2)14-9-8-12-10-17-16(20-15(12)19-14)18-13-6-4-3-5-7-13/h8-11,13H,3-7H2,1-2H3,(H,17,18,19,20). The third-order valence-electron chi connectivity index (χ3n) is 3.99. The van der Waals surface area contributed by atoms with E-state index >= 15 is 0 Å². The fourth-order valence-corrected chi connectivity index (χ4v) is 2.74. The Morgan fingerprint density at radius 1 is 1.10 bits per heavy atom. The van der Waals surface area contributed by atoms with Crippen molar-refractivity contribution < 1.29 is 0 Å². The summed E-state index contributed by atoms with van der Waals surface area (Å²) in [6.45, 7) is 4.30. The number of hydrogen-bond acceptors (Lipinski definition) is 4. The Hall–Kier alpha value is -1.71. The highest BCUT2D eigenvalue weighted by atomic mass is 15.1. The number of anilines is 1. The third kappa shape index (κ3) is 2.89. The quantitative estimate of drug-likeness (QED) is 0.919. The van der Waals surface area contributed by atoms with Gasteiger partial charge in [0.1, 0.15) is 0 Å². The first kappa shape index (κ1) is 13.3. The first-order valence-corrected chi connectivity index (χ1v) is 7.62. The topological polar surface area (TPSA) is 50.7 Å². The number of nitrogens with zero attached hydrogens (tertiary/aromatic N) is 3. The predicted octanol–water partition coefficient (Wildman–Crippen LogP) is 3.89. The van der Waals surface area contributed by atoms with E-state index in [1.54, 1.807) is 0 Å². The van der Waals surface area contributed by atoms with Crippen LogP contribution in [0.3, 0.4) is 0 Å². The molecule has 106 valence electrons. The zero-order chi connectivity index (χ0) is 13.9. The minimum absolute atomic E-state index is 0.420. The Kier molecular flexibility index (Phi) is 3.81. The normalized spacial score (nSPS) is 16.8. The maximum atomic E-state index is 4.64.